The second-order valence-electron chi connectivity index (χ2n) is 8.32. The van der Waals surface area contributed by atoms with Crippen molar-refractivity contribution >= 4 is 17.7 Å². The molecule has 0 saturated heterocycles. The topological polar surface area (TPSA) is 108 Å². The lowest BCUT2D eigenvalue weighted by Gasteiger charge is -2.21. The van der Waals surface area contributed by atoms with E-state index in [1.54, 1.807) is 18.2 Å². The average molecular weight is 444 g/mol. The van der Waals surface area contributed by atoms with Crippen LogP contribution in [0.2, 0.25) is 0 Å². The first-order chi connectivity index (χ1) is 16.0. The second kappa shape index (κ2) is 8.69. The van der Waals surface area contributed by atoms with Gasteiger partial charge < -0.3 is 25.6 Å². The summed E-state index contributed by atoms with van der Waals surface area (Å²) >= 11 is 0. The highest BCUT2D eigenvalue weighted by Gasteiger charge is 2.30. The fourth-order valence-corrected chi connectivity index (χ4v) is 4.68. The summed E-state index contributed by atoms with van der Waals surface area (Å²) in [4.78, 5) is 24.0. The smallest absolute Gasteiger partial charge is 0.407 e. The van der Waals surface area contributed by atoms with Crippen LogP contribution in [-0.2, 0) is 16.0 Å². The van der Waals surface area contributed by atoms with E-state index in [4.69, 9.17) is 4.74 Å². The monoisotopic (exact) mass is 444 g/mol. The zero-order valence-corrected chi connectivity index (χ0v) is 17.8. The molecule has 33 heavy (non-hydrogen) atoms. The molecule has 1 aliphatic heterocycles. The lowest BCUT2D eigenvalue weighted by atomic mass is 9.98. The molecule has 0 bridgehead atoms. The number of alkyl carbamates (subject to hydrolysis) is 1. The third-order valence-corrected chi connectivity index (χ3v) is 6.28. The van der Waals surface area contributed by atoms with Crippen LogP contribution in [0.4, 0.5) is 10.5 Å². The highest BCUT2D eigenvalue weighted by Crippen LogP contribution is 2.44. The van der Waals surface area contributed by atoms with Crippen LogP contribution in [0, 0.1) is 0 Å². The summed E-state index contributed by atoms with van der Waals surface area (Å²) in [7, 11) is 0. The molecule has 4 N–H and O–H groups in total. The van der Waals surface area contributed by atoms with Gasteiger partial charge in [0.1, 0.15) is 18.8 Å². The molecule has 1 aliphatic carbocycles. The quantitative estimate of drug-likeness (QED) is 0.467. The van der Waals surface area contributed by atoms with E-state index in [1.165, 1.54) is 0 Å². The fourth-order valence-electron chi connectivity index (χ4n) is 4.68. The molecule has 2 atom stereocenters. The molecule has 3 aromatic carbocycles. The van der Waals surface area contributed by atoms with Crippen LogP contribution in [0.1, 0.15) is 34.3 Å². The minimum Gasteiger partial charge on any atom is -0.449 e. The number of rotatable bonds is 6. The summed E-state index contributed by atoms with van der Waals surface area (Å²) in [5, 5.41) is 26.2. The van der Waals surface area contributed by atoms with Crippen molar-refractivity contribution in [1.29, 1.82) is 0 Å². The van der Waals surface area contributed by atoms with Gasteiger partial charge in [0.15, 0.2) is 0 Å². The van der Waals surface area contributed by atoms with E-state index >= 15 is 0 Å². The number of aliphatic hydroxyl groups excluding tert-OH is 2. The molecule has 7 nitrogen and oxygen atoms in total. The molecule has 5 rings (SSSR count). The lowest BCUT2D eigenvalue weighted by Crippen LogP contribution is -2.36. The van der Waals surface area contributed by atoms with Gasteiger partial charge in [0.25, 0.3) is 0 Å². The number of aliphatic hydroxyl groups is 2. The second-order valence-corrected chi connectivity index (χ2v) is 8.32. The molecular weight excluding hydrogens is 420 g/mol. The number of ether oxygens (including phenoxy) is 1. The SMILES string of the molecule is O=C1Cc2cccc(C(O)C(O)CNC(=O)OCC3c4ccccc4-c4ccccc43)c2N1. The van der Waals surface area contributed by atoms with E-state index in [0.717, 1.165) is 27.8 Å². The van der Waals surface area contributed by atoms with Crippen LogP contribution in [-0.4, -0.2) is 41.5 Å². The van der Waals surface area contributed by atoms with Gasteiger partial charge in [0.05, 0.1) is 12.1 Å². The third kappa shape index (κ3) is 3.97. The van der Waals surface area contributed by atoms with Gasteiger partial charge in [0, 0.05) is 18.0 Å². The van der Waals surface area contributed by atoms with Crippen molar-refractivity contribution in [2.75, 3.05) is 18.5 Å². The summed E-state index contributed by atoms with van der Waals surface area (Å²) < 4.78 is 5.46. The Kier molecular flexibility index (Phi) is 5.58. The first-order valence-electron chi connectivity index (χ1n) is 10.9. The van der Waals surface area contributed by atoms with Crippen molar-refractivity contribution in [3.05, 3.63) is 89.0 Å². The number of hydrogen-bond donors (Lipinski definition) is 4. The summed E-state index contributed by atoms with van der Waals surface area (Å²) in [6, 6.07) is 21.3. The molecule has 1 heterocycles. The number of benzene rings is 3. The van der Waals surface area contributed by atoms with Crippen molar-refractivity contribution in [1.82, 2.24) is 5.32 Å². The first-order valence-corrected chi connectivity index (χ1v) is 10.9. The number of anilines is 1. The van der Waals surface area contributed by atoms with Crippen LogP contribution in [0.3, 0.4) is 0 Å². The zero-order valence-electron chi connectivity index (χ0n) is 17.8. The molecule has 2 unspecified atom stereocenters. The number of para-hydroxylation sites is 1. The lowest BCUT2D eigenvalue weighted by molar-refractivity contribution is -0.115. The molecule has 168 valence electrons. The van der Waals surface area contributed by atoms with Crippen LogP contribution < -0.4 is 10.6 Å². The number of hydrogen-bond acceptors (Lipinski definition) is 5. The van der Waals surface area contributed by atoms with Gasteiger partial charge in [-0.05, 0) is 27.8 Å². The molecule has 0 fully saturated rings. The predicted octanol–water partition coefficient (Wildman–Crippen LogP) is 3.11. The maximum absolute atomic E-state index is 12.3. The largest absolute Gasteiger partial charge is 0.449 e. The molecule has 0 radical (unpaired) electrons. The van der Waals surface area contributed by atoms with Crippen LogP contribution in [0.5, 0.6) is 0 Å². The summed E-state index contributed by atoms with van der Waals surface area (Å²) in [6.45, 7) is -0.0355. The zero-order chi connectivity index (χ0) is 22.9. The molecule has 0 aromatic heterocycles. The Morgan fingerprint density at radius 3 is 2.36 bits per heavy atom. The maximum atomic E-state index is 12.3. The van der Waals surface area contributed by atoms with Crippen molar-refractivity contribution < 1.29 is 24.5 Å². The Balaban J connectivity index is 1.19. The minimum atomic E-state index is -1.27. The first kappa shape index (κ1) is 21.2. The van der Waals surface area contributed by atoms with E-state index < -0.39 is 18.3 Å². The Morgan fingerprint density at radius 2 is 1.67 bits per heavy atom. The van der Waals surface area contributed by atoms with Gasteiger partial charge in [-0.1, -0.05) is 66.7 Å². The number of carbonyl (C=O) groups excluding carboxylic acids is 2. The predicted molar refractivity (Wildman–Crippen MR) is 123 cm³/mol. The van der Waals surface area contributed by atoms with E-state index in [2.05, 4.69) is 22.8 Å². The van der Waals surface area contributed by atoms with Crippen LogP contribution in [0.25, 0.3) is 11.1 Å². The maximum Gasteiger partial charge on any atom is 0.407 e. The van der Waals surface area contributed by atoms with Crippen molar-refractivity contribution in [2.45, 2.75) is 24.5 Å². The summed E-state index contributed by atoms with van der Waals surface area (Å²) in [6.07, 6.45) is -2.97. The Hall–Kier alpha value is -3.68. The Labute approximate surface area is 191 Å². The molecule has 2 aliphatic rings. The van der Waals surface area contributed by atoms with Gasteiger partial charge in [-0.3, -0.25) is 4.79 Å². The van der Waals surface area contributed by atoms with E-state index in [-0.39, 0.29) is 31.4 Å². The molecular formula is C26H24N2O5. The third-order valence-electron chi connectivity index (χ3n) is 6.28. The average Bonchev–Trinajstić information content (AvgIpc) is 3.37. The minimum absolute atomic E-state index is 0.0609. The number of nitrogens with one attached hydrogen (secondary N) is 2. The molecule has 2 amide bonds. The molecule has 3 aromatic rings. The highest BCUT2D eigenvalue weighted by atomic mass is 16.5. The summed E-state index contributed by atoms with van der Waals surface area (Å²) in [5.74, 6) is -0.218. The molecule has 0 spiro atoms. The van der Waals surface area contributed by atoms with Gasteiger partial charge in [-0.2, -0.15) is 0 Å². The Morgan fingerprint density at radius 1 is 1.00 bits per heavy atom. The fraction of sp³-hybridized carbons (Fsp3) is 0.231. The van der Waals surface area contributed by atoms with E-state index in [1.807, 2.05) is 36.4 Å². The van der Waals surface area contributed by atoms with Gasteiger partial charge in [-0.25, -0.2) is 4.79 Å². The van der Waals surface area contributed by atoms with E-state index in [9.17, 15) is 19.8 Å². The number of amides is 2. The van der Waals surface area contributed by atoms with Gasteiger partial charge in [-0.15, -0.1) is 0 Å². The van der Waals surface area contributed by atoms with Gasteiger partial charge in [0.2, 0.25) is 5.91 Å². The van der Waals surface area contributed by atoms with E-state index in [0.29, 0.717) is 11.3 Å². The molecule has 7 heteroatoms. The highest BCUT2D eigenvalue weighted by molar-refractivity contribution is 6.00. The standard InChI is InChI=1S/C26H24N2O5/c29-22(25(31)20-11-5-6-15-12-23(30)28-24(15)20)13-27-26(32)33-14-21-18-9-3-1-7-16(18)17-8-2-4-10-19(17)21/h1-11,21-22,25,29,31H,12-14H2,(H,27,32)(H,28,30). The Bertz CT molecular complexity index is 1180. The number of carbonyl (C=O) groups is 2. The van der Waals surface area contributed by atoms with Crippen LogP contribution >= 0.6 is 0 Å². The summed E-state index contributed by atoms with van der Waals surface area (Å²) in [5.41, 5.74) is 6.22. The van der Waals surface area contributed by atoms with Crippen molar-refractivity contribution in [2.24, 2.45) is 0 Å². The van der Waals surface area contributed by atoms with Crippen molar-refractivity contribution in [3.8, 4) is 11.1 Å². The van der Waals surface area contributed by atoms with Gasteiger partial charge >= 0.3 is 6.09 Å². The molecule has 0 saturated carbocycles. The normalized spacial score (nSPS) is 15.8. The van der Waals surface area contributed by atoms with Crippen molar-refractivity contribution in [3.63, 3.8) is 0 Å². The number of fused-ring (bicyclic) bond motifs is 4. The van der Waals surface area contributed by atoms with Crippen LogP contribution in [0.15, 0.2) is 66.7 Å².